The van der Waals surface area contributed by atoms with Crippen LogP contribution in [0.4, 0.5) is 20.4 Å². The number of carbonyl (C=O) groups is 1. The topological polar surface area (TPSA) is 87.5 Å². The van der Waals surface area contributed by atoms with Gasteiger partial charge < -0.3 is 10.4 Å². The van der Waals surface area contributed by atoms with Crippen LogP contribution in [-0.4, -0.2) is 26.2 Å². The zero-order chi connectivity index (χ0) is 23.8. The van der Waals surface area contributed by atoms with Gasteiger partial charge in [-0.25, -0.2) is 28.5 Å². The highest BCUT2D eigenvalue weighted by molar-refractivity contribution is 6.69. The number of hydrogen-bond acceptors (Lipinski definition) is 5. The third-order valence-corrected chi connectivity index (χ3v) is 5.61. The second kappa shape index (κ2) is 8.64. The van der Waals surface area contributed by atoms with E-state index in [9.17, 15) is 18.7 Å². The van der Waals surface area contributed by atoms with Gasteiger partial charge in [-0.1, -0.05) is 29.8 Å². The maximum absolute atomic E-state index is 14.7. The number of carboxylic acid groups (broad SMARTS) is 1. The third-order valence-electron chi connectivity index (χ3n) is 5.40. The lowest BCUT2D eigenvalue weighted by Gasteiger charge is -2.22. The number of halogens is 3. The molecule has 2 N–H and O–H groups in total. The summed E-state index contributed by atoms with van der Waals surface area (Å²) in [5.74, 6) is -2.26. The Kier molecular flexibility index (Phi) is 5.51. The molecule has 1 aromatic heterocycles. The molecule has 1 aliphatic heterocycles. The Bertz CT molecular complexity index is 1460. The number of fused-ring (bicyclic) bond motifs is 3. The standard InChI is InChI=1S/C25H15ClF2N4O2/c26-21-10-17(22-19(27)5-2-6-20(22)28)16-8-7-14-11-30-25(32-23(14)18(16)12-29-21)31-15-4-1-3-13(9-15)24(33)34/h1-6,8-12H,7H2,(H,33,34)(H,30,31,32). The number of aromatic carboxylic acids is 1. The van der Waals surface area contributed by atoms with E-state index in [1.807, 2.05) is 6.08 Å². The summed E-state index contributed by atoms with van der Waals surface area (Å²) in [7, 11) is 0. The summed E-state index contributed by atoms with van der Waals surface area (Å²) >= 11 is 6.21. The largest absolute Gasteiger partial charge is 0.478 e. The predicted molar refractivity (Wildman–Crippen MR) is 126 cm³/mol. The highest BCUT2D eigenvalue weighted by atomic mass is 35.5. The molecule has 3 aromatic rings. The van der Waals surface area contributed by atoms with Crippen molar-refractivity contribution < 1.29 is 18.7 Å². The minimum Gasteiger partial charge on any atom is -0.478 e. The molecule has 5 rings (SSSR count). The van der Waals surface area contributed by atoms with Gasteiger partial charge in [0.15, 0.2) is 0 Å². The fraction of sp³-hybridized carbons (Fsp3) is 0.0400. The molecule has 0 unspecified atom stereocenters. The molecule has 0 amide bonds. The van der Waals surface area contributed by atoms with Crippen LogP contribution in [0.15, 0.2) is 77.6 Å². The van der Waals surface area contributed by atoms with Gasteiger partial charge in [0, 0.05) is 29.2 Å². The Labute approximate surface area is 197 Å². The number of aromatic nitrogens is 2. The molecule has 9 heteroatoms. The van der Waals surface area contributed by atoms with Crippen LogP contribution in [0.1, 0.15) is 27.2 Å². The summed E-state index contributed by atoms with van der Waals surface area (Å²) in [5.41, 5.74) is 3.09. The molecule has 0 fully saturated rings. The smallest absolute Gasteiger partial charge is 0.335 e. The molecule has 2 aromatic carbocycles. The lowest BCUT2D eigenvalue weighted by molar-refractivity contribution is 0.0697. The maximum atomic E-state index is 14.7. The minimum absolute atomic E-state index is 0.0693. The lowest BCUT2D eigenvalue weighted by Crippen LogP contribution is -2.10. The van der Waals surface area contributed by atoms with Crippen molar-refractivity contribution in [1.82, 2.24) is 9.97 Å². The van der Waals surface area contributed by atoms with Gasteiger partial charge in [0.1, 0.15) is 16.8 Å². The average molecular weight is 477 g/mol. The van der Waals surface area contributed by atoms with Gasteiger partial charge in [-0.3, -0.25) is 0 Å². The summed E-state index contributed by atoms with van der Waals surface area (Å²) < 4.78 is 29.3. The number of anilines is 2. The summed E-state index contributed by atoms with van der Waals surface area (Å²) in [4.78, 5) is 24.4. The number of nitrogens with one attached hydrogen (secondary N) is 1. The van der Waals surface area contributed by atoms with Crippen LogP contribution >= 0.6 is 11.6 Å². The fourth-order valence-corrected chi connectivity index (χ4v) is 4.02. The Morgan fingerprint density at radius 1 is 1.06 bits per heavy atom. The average Bonchev–Trinajstić information content (AvgIpc) is 2.98. The first-order valence-corrected chi connectivity index (χ1v) is 10.6. The van der Waals surface area contributed by atoms with Gasteiger partial charge in [0.2, 0.25) is 5.95 Å². The molecule has 2 heterocycles. The van der Waals surface area contributed by atoms with Crippen LogP contribution in [0, 0.1) is 11.6 Å². The highest BCUT2D eigenvalue weighted by Gasteiger charge is 2.27. The van der Waals surface area contributed by atoms with Crippen LogP contribution in [0.2, 0.25) is 0 Å². The monoisotopic (exact) mass is 476 g/mol. The molecule has 0 bridgehead atoms. The van der Waals surface area contributed by atoms with E-state index in [0.29, 0.717) is 28.9 Å². The Hall–Kier alpha value is -4.17. The van der Waals surface area contributed by atoms with Crippen molar-refractivity contribution in [3.8, 4) is 0 Å². The van der Waals surface area contributed by atoms with Gasteiger partial charge in [-0.15, -0.1) is 0 Å². The van der Waals surface area contributed by atoms with E-state index in [1.165, 1.54) is 42.6 Å². The van der Waals surface area contributed by atoms with Crippen LogP contribution < -0.4 is 5.32 Å². The summed E-state index contributed by atoms with van der Waals surface area (Å²) in [6.45, 7) is 0. The van der Waals surface area contributed by atoms with Crippen LogP contribution in [0.3, 0.4) is 0 Å². The SMILES string of the molecule is O=C(O)c1cccc(Nc2ncc3c(n2)C2=CN=C(Cl)C=C(c4c(F)cccc4F)C2=CC3)c1. The zero-order valence-corrected chi connectivity index (χ0v) is 18.1. The van der Waals surface area contributed by atoms with Crippen molar-refractivity contribution in [3.05, 3.63) is 107 Å². The van der Waals surface area contributed by atoms with Crippen LogP contribution in [0.25, 0.3) is 11.1 Å². The lowest BCUT2D eigenvalue weighted by atomic mass is 9.84. The molecular weight excluding hydrogens is 462 g/mol. The van der Waals surface area contributed by atoms with E-state index in [2.05, 4.69) is 20.3 Å². The van der Waals surface area contributed by atoms with Gasteiger partial charge >= 0.3 is 5.97 Å². The van der Waals surface area contributed by atoms with E-state index in [-0.39, 0.29) is 27.8 Å². The first-order valence-electron chi connectivity index (χ1n) is 10.2. The number of allylic oxidation sites excluding steroid dienone is 5. The normalized spacial score (nSPS) is 14.6. The molecule has 2 aliphatic rings. The molecule has 6 nitrogen and oxygen atoms in total. The molecule has 1 aliphatic carbocycles. The van der Waals surface area contributed by atoms with Crippen molar-refractivity contribution >= 4 is 45.5 Å². The van der Waals surface area contributed by atoms with Crippen LogP contribution in [-0.2, 0) is 6.42 Å². The summed E-state index contributed by atoms with van der Waals surface area (Å²) in [6.07, 6.45) is 6.85. The van der Waals surface area contributed by atoms with Gasteiger partial charge in [0.05, 0.1) is 16.8 Å². The van der Waals surface area contributed by atoms with E-state index < -0.39 is 17.6 Å². The molecule has 34 heavy (non-hydrogen) atoms. The Morgan fingerprint density at radius 3 is 2.59 bits per heavy atom. The second-order valence-corrected chi connectivity index (χ2v) is 7.94. The molecule has 0 atom stereocenters. The van der Waals surface area contributed by atoms with Crippen molar-refractivity contribution in [2.75, 3.05) is 5.32 Å². The molecule has 0 saturated heterocycles. The van der Waals surface area contributed by atoms with Gasteiger partial charge in [-0.2, -0.15) is 0 Å². The van der Waals surface area contributed by atoms with Crippen molar-refractivity contribution in [1.29, 1.82) is 0 Å². The number of aliphatic imine (C=N–C) groups is 1. The van der Waals surface area contributed by atoms with E-state index in [1.54, 1.807) is 18.3 Å². The predicted octanol–water partition coefficient (Wildman–Crippen LogP) is 5.75. The van der Waals surface area contributed by atoms with Crippen LogP contribution in [0.5, 0.6) is 0 Å². The Balaban J connectivity index is 1.56. The highest BCUT2D eigenvalue weighted by Crippen LogP contribution is 2.41. The molecule has 0 spiro atoms. The number of benzene rings is 2. The van der Waals surface area contributed by atoms with Gasteiger partial charge in [0.25, 0.3) is 0 Å². The summed E-state index contributed by atoms with van der Waals surface area (Å²) in [5, 5.41) is 12.3. The van der Waals surface area contributed by atoms with Crippen molar-refractivity contribution in [2.24, 2.45) is 4.99 Å². The fourth-order valence-electron chi connectivity index (χ4n) is 3.87. The quantitative estimate of drug-likeness (QED) is 0.500. The van der Waals surface area contributed by atoms with E-state index >= 15 is 0 Å². The Morgan fingerprint density at radius 2 is 1.82 bits per heavy atom. The molecular formula is C25H15ClF2N4O2. The second-order valence-electron chi connectivity index (χ2n) is 7.55. The van der Waals surface area contributed by atoms with Crippen molar-refractivity contribution in [3.63, 3.8) is 0 Å². The van der Waals surface area contributed by atoms with Crippen molar-refractivity contribution in [2.45, 2.75) is 6.42 Å². The first-order chi connectivity index (χ1) is 16.4. The number of carboxylic acids is 1. The van der Waals surface area contributed by atoms with E-state index in [0.717, 1.165) is 5.56 Å². The number of rotatable bonds is 4. The van der Waals surface area contributed by atoms with Gasteiger partial charge in [-0.05, 0) is 54.0 Å². The maximum Gasteiger partial charge on any atom is 0.335 e. The molecule has 168 valence electrons. The zero-order valence-electron chi connectivity index (χ0n) is 17.4. The molecule has 0 saturated carbocycles. The van der Waals surface area contributed by atoms with E-state index in [4.69, 9.17) is 11.6 Å². The minimum atomic E-state index is -1.05. The number of nitrogens with zero attached hydrogens (tertiary/aromatic N) is 3. The summed E-state index contributed by atoms with van der Waals surface area (Å²) in [6, 6.07) is 9.91. The number of hydrogen-bond donors (Lipinski definition) is 2. The molecule has 0 radical (unpaired) electrons. The first kappa shape index (κ1) is 21.7. The third kappa shape index (κ3) is 3.99.